The third kappa shape index (κ3) is 4.45. The molecule has 2 aromatic rings. The van der Waals surface area contributed by atoms with Gasteiger partial charge in [0, 0.05) is 24.3 Å². The van der Waals surface area contributed by atoms with Crippen LogP contribution in [0.5, 0.6) is 11.5 Å². The van der Waals surface area contributed by atoms with Crippen LogP contribution in [0.1, 0.15) is 28.8 Å². The summed E-state index contributed by atoms with van der Waals surface area (Å²) in [4.78, 5) is 25.4. The molecule has 0 spiro atoms. The number of alkyl halides is 2. The topological polar surface area (TPSA) is 93.9 Å². The van der Waals surface area contributed by atoms with Gasteiger partial charge in [0.05, 0.1) is 0 Å². The molecule has 2 aliphatic rings. The zero-order valence-electron chi connectivity index (χ0n) is 16.1. The highest BCUT2D eigenvalue weighted by Crippen LogP contribution is 2.41. The highest BCUT2D eigenvalue weighted by molar-refractivity contribution is 5.95. The van der Waals surface area contributed by atoms with Gasteiger partial charge in [-0.25, -0.2) is 4.79 Å². The summed E-state index contributed by atoms with van der Waals surface area (Å²) in [6.45, 7) is 1.19. The Morgan fingerprint density at radius 3 is 2.40 bits per heavy atom. The number of nitrogens with zero attached hydrogens (tertiary/aromatic N) is 1. The van der Waals surface area contributed by atoms with Gasteiger partial charge in [-0.05, 0) is 61.1 Å². The van der Waals surface area contributed by atoms with Crippen LogP contribution in [0.25, 0.3) is 0 Å². The number of fused-ring (bicyclic) bond motifs is 1. The molecule has 0 unspecified atom stereocenters. The lowest BCUT2D eigenvalue weighted by atomic mass is 9.90. The summed E-state index contributed by atoms with van der Waals surface area (Å²) in [6, 6.07) is 11.0. The van der Waals surface area contributed by atoms with Crippen LogP contribution in [0, 0.1) is 5.92 Å². The van der Waals surface area contributed by atoms with Crippen LogP contribution in [-0.4, -0.2) is 36.2 Å². The lowest BCUT2D eigenvalue weighted by Crippen LogP contribution is -2.38. The zero-order valence-corrected chi connectivity index (χ0v) is 16.1. The molecular formula is C21H21F2N3O4. The Labute approximate surface area is 171 Å². The number of anilines is 1. The van der Waals surface area contributed by atoms with Crippen LogP contribution < -0.4 is 20.5 Å². The minimum Gasteiger partial charge on any atom is -0.395 e. The molecule has 0 atom stereocenters. The van der Waals surface area contributed by atoms with E-state index in [1.807, 2.05) is 24.3 Å². The lowest BCUT2D eigenvalue weighted by molar-refractivity contribution is -0.286. The Hall–Kier alpha value is -3.36. The molecule has 0 radical (unpaired) electrons. The summed E-state index contributed by atoms with van der Waals surface area (Å²) in [5.74, 6) is 0.0127. The number of carbonyl (C=O) groups excluding carboxylic acids is 2. The van der Waals surface area contributed by atoms with E-state index in [-0.39, 0.29) is 17.4 Å². The highest BCUT2D eigenvalue weighted by atomic mass is 19.3. The Bertz CT molecular complexity index is 957. The number of carbonyl (C=O) groups is 2. The first kappa shape index (κ1) is 19.9. The largest absolute Gasteiger partial charge is 0.586 e. The molecule has 1 fully saturated rings. The Morgan fingerprint density at radius 2 is 1.73 bits per heavy atom. The molecule has 1 saturated heterocycles. The predicted molar refractivity (Wildman–Crippen MR) is 105 cm³/mol. The van der Waals surface area contributed by atoms with E-state index >= 15 is 0 Å². The van der Waals surface area contributed by atoms with E-state index in [1.54, 1.807) is 4.90 Å². The molecule has 30 heavy (non-hydrogen) atoms. The zero-order chi connectivity index (χ0) is 21.3. The number of benzene rings is 2. The van der Waals surface area contributed by atoms with E-state index in [2.05, 4.69) is 14.8 Å². The van der Waals surface area contributed by atoms with Crippen molar-refractivity contribution in [3.05, 3.63) is 53.6 Å². The molecule has 3 amide bonds. The summed E-state index contributed by atoms with van der Waals surface area (Å²) >= 11 is 0. The first-order valence-corrected chi connectivity index (χ1v) is 9.64. The second-order valence-electron chi connectivity index (χ2n) is 7.45. The Morgan fingerprint density at radius 1 is 1.07 bits per heavy atom. The number of piperidine rings is 1. The summed E-state index contributed by atoms with van der Waals surface area (Å²) in [5, 5.41) is 2.53. The van der Waals surface area contributed by atoms with Gasteiger partial charge in [0.1, 0.15) is 0 Å². The van der Waals surface area contributed by atoms with E-state index in [0.717, 1.165) is 24.8 Å². The minimum absolute atomic E-state index is 0.0766. The van der Waals surface area contributed by atoms with Crippen molar-refractivity contribution in [2.45, 2.75) is 25.6 Å². The highest BCUT2D eigenvalue weighted by Gasteiger charge is 2.43. The number of hydrogen-bond donors (Lipinski definition) is 2. The van der Waals surface area contributed by atoms with Crippen molar-refractivity contribution in [2.75, 3.05) is 18.4 Å². The molecule has 158 valence electrons. The van der Waals surface area contributed by atoms with E-state index < -0.39 is 12.3 Å². The normalized spacial score (nSPS) is 17.6. The van der Waals surface area contributed by atoms with Gasteiger partial charge in [-0.1, -0.05) is 12.1 Å². The molecule has 2 aliphatic heterocycles. The monoisotopic (exact) mass is 417 g/mol. The van der Waals surface area contributed by atoms with Gasteiger partial charge in [-0.3, -0.25) is 4.79 Å². The molecule has 4 rings (SSSR count). The maximum absolute atomic E-state index is 13.2. The molecule has 9 heteroatoms. The van der Waals surface area contributed by atoms with E-state index in [1.165, 1.54) is 18.2 Å². The number of likely N-dealkylation sites (tertiary alicyclic amines) is 1. The minimum atomic E-state index is -3.70. The molecular weight excluding hydrogens is 396 g/mol. The van der Waals surface area contributed by atoms with Gasteiger partial charge in [-0.2, -0.15) is 0 Å². The number of primary amides is 1. The smallest absolute Gasteiger partial charge is 0.395 e. The average Bonchev–Trinajstić information content (AvgIpc) is 3.02. The third-order valence-corrected chi connectivity index (χ3v) is 5.30. The third-order valence-electron chi connectivity index (χ3n) is 5.30. The number of nitrogens with two attached hydrogens (primary N) is 1. The number of halogens is 2. The molecule has 7 nitrogen and oxygen atoms in total. The number of urea groups is 1. The molecule has 0 saturated carbocycles. The number of nitrogens with one attached hydrogen (secondary N) is 1. The molecule has 0 aromatic heterocycles. The maximum Gasteiger partial charge on any atom is 0.586 e. The van der Waals surface area contributed by atoms with Crippen molar-refractivity contribution in [3.63, 3.8) is 0 Å². The van der Waals surface area contributed by atoms with E-state index in [0.29, 0.717) is 30.3 Å². The molecule has 0 aliphatic carbocycles. The molecule has 2 heterocycles. The fourth-order valence-electron chi connectivity index (χ4n) is 3.80. The predicted octanol–water partition coefficient (Wildman–Crippen LogP) is 3.59. The van der Waals surface area contributed by atoms with Gasteiger partial charge < -0.3 is 25.4 Å². The summed E-state index contributed by atoms with van der Waals surface area (Å²) in [5.41, 5.74) is 7.19. The molecule has 2 aromatic carbocycles. The quantitative estimate of drug-likeness (QED) is 0.795. The Balaban J connectivity index is 1.31. The van der Waals surface area contributed by atoms with Crippen LogP contribution in [0.2, 0.25) is 0 Å². The Kier molecular flexibility index (Phi) is 5.19. The van der Waals surface area contributed by atoms with Gasteiger partial charge in [0.15, 0.2) is 11.5 Å². The van der Waals surface area contributed by atoms with Crippen LogP contribution in [0.15, 0.2) is 42.5 Å². The van der Waals surface area contributed by atoms with Crippen LogP contribution >= 0.6 is 0 Å². The van der Waals surface area contributed by atoms with E-state index in [4.69, 9.17) is 5.73 Å². The second kappa shape index (κ2) is 7.81. The van der Waals surface area contributed by atoms with Gasteiger partial charge in [-0.15, -0.1) is 8.78 Å². The van der Waals surface area contributed by atoms with Gasteiger partial charge in [0.2, 0.25) is 0 Å². The average molecular weight is 417 g/mol. The molecule has 3 N–H and O–H groups in total. The second-order valence-corrected chi connectivity index (χ2v) is 7.45. The standard InChI is InChI=1S/C21H21F2N3O4/c22-21(23)29-17-6-3-15(12-18(17)30-21)19(27)26-9-7-14(8-10-26)11-13-1-4-16(5-2-13)25-20(24)28/h1-6,12,14H,7-11H2,(H3,24,25,28). The summed E-state index contributed by atoms with van der Waals surface area (Å²) < 4.78 is 35.1. The maximum atomic E-state index is 13.2. The van der Waals surface area contributed by atoms with Gasteiger partial charge >= 0.3 is 12.3 Å². The van der Waals surface area contributed by atoms with Crippen molar-refractivity contribution in [1.29, 1.82) is 0 Å². The van der Waals surface area contributed by atoms with Crippen molar-refractivity contribution in [1.82, 2.24) is 4.90 Å². The fourth-order valence-corrected chi connectivity index (χ4v) is 3.80. The number of hydrogen-bond acceptors (Lipinski definition) is 4. The number of rotatable bonds is 4. The first-order chi connectivity index (χ1) is 14.3. The van der Waals surface area contributed by atoms with Crippen molar-refractivity contribution in [2.24, 2.45) is 11.7 Å². The lowest BCUT2D eigenvalue weighted by Gasteiger charge is -2.32. The number of ether oxygens (including phenoxy) is 2. The van der Waals surface area contributed by atoms with E-state index in [9.17, 15) is 18.4 Å². The van der Waals surface area contributed by atoms with Crippen molar-refractivity contribution in [3.8, 4) is 11.5 Å². The summed E-state index contributed by atoms with van der Waals surface area (Å²) in [6.07, 6.45) is -1.14. The number of amides is 3. The molecule has 0 bridgehead atoms. The summed E-state index contributed by atoms with van der Waals surface area (Å²) in [7, 11) is 0. The van der Waals surface area contributed by atoms with Crippen molar-refractivity contribution < 1.29 is 27.8 Å². The van der Waals surface area contributed by atoms with Crippen LogP contribution in [-0.2, 0) is 6.42 Å². The van der Waals surface area contributed by atoms with Crippen molar-refractivity contribution >= 4 is 17.6 Å². The SMILES string of the molecule is NC(=O)Nc1ccc(CC2CCN(C(=O)c3ccc4c(c3)OC(F)(F)O4)CC2)cc1. The van der Waals surface area contributed by atoms with Crippen LogP contribution in [0.3, 0.4) is 0 Å². The first-order valence-electron chi connectivity index (χ1n) is 9.64. The fraction of sp³-hybridized carbons (Fsp3) is 0.333. The van der Waals surface area contributed by atoms with Gasteiger partial charge in [0.25, 0.3) is 5.91 Å². The van der Waals surface area contributed by atoms with Crippen LogP contribution in [0.4, 0.5) is 19.3 Å².